The second kappa shape index (κ2) is 9.52. The van der Waals surface area contributed by atoms with Crippen molar-refractivity contribution in [1.29, 1.82) is 0 Å². The zero-order valence-corrected chi connectivity index (χ0v) is 17.9. The van der Waals surface area contributed by atoms with Crippen LogP contribution in [0, 0.1) is 0 Å². The van der Waals surface area contributed by atoms with Crippen molar-refractivity contribution in [2.45, 2.75) is 33.4 Å². The van der Waals surface area contributed by atoms with Gasteiger partial charge in [-0.25, -0.2) is 0 Å². The van der Waals surface area contributed by atoms with Gasteiger partial charge in [-0.05, 0) is 43.7 Å². The van der Waals surface area contributed by atoms with Gasteiger partial charge in [-0.2, -0.15) is 0 Å². The Hall–Kier alpha value is -3.22. The van der Waals surface area contributed by atoms with E-state index in [4.69, 9.17) is 14.2 Å². The van der Waals surface area contributed by atoms with Crippen LogP contribution in [-0.2, 0) is 16.1 Å². The summed E-state index contributed by atoms with van der Waals surface area (Å²) in [5.41, 5.74) is 1.61. The van der Waals surface area contributed by atoms with Crippen LogP contribution in [0.25, 0.3) is 0 Å². The largest absolute Gasteiger partial charge is 0.493 e. The Balaban J connectivity index is 1.79. The molecule has 2 aromatic carbocycles. The van der Waals surface area contributed by atoms with E-state index in [1.165, 1.54) is 6.92 Å². The van der Waals surface area contributed by atoms with Crippen molar-refractivity contribution in [3.63, 3.8) is 0 Å². The number of carbonyl (C=O) groups excluding carboxylic acids is 2. The highest BCUT2D eigenvalue weighted by atomic mass is 16.5. The maximum absolute atomic E-state index is 13.2. The quantitative estimate of drug-likeness (QED) is 0.698. The van der Waals surface area contributed by atoms with Gasteiger partial charge in [-0.3, -0.25) is 9.59 Å². The predicted octanol–water partition coefficient (Wildman–Crippen LogP) is 3.26. The predicted molar refractivity (Wildman–Crippen MR) is 114 cm³/mol. The molecule has 0 saturated carbocycles. The molecular weight excluding hydrogens is 384 g/mol. The van der Waals surface area contributed by atoms with Gasteiger partial charge in [0.05, 0.1) is 25.9 Å². The van der Waals surface area contributed by atoms with Crippen LogP contribution in [0.3, 0.4) is 0 Å². The van der Waals surface area contributed by atoms with Crippen molar-refractivity contribution >= 4 is 17.5 Å². The van der Waals surface area contributed by atoms with E-state index in [0.717, 1.165) is 5.56 Å². The highest BCUT2D eigenvalue weighted by Gasteiger charge is 2.34. The van der Waals surface area contributed by atoms with Crippen molar-refractivity contribution in [3.8, 4) is 17.2 Å². The van der Waals surface area contributed by atoms with Gasteiger partial charge in [0, 0.05) is 20.0 Å². The summed E-state index contributed by atoms with van der Waals surface area (Å²) in [6.45, 7) is 6.97. The van der Waals surface area contributed by atoms with Crippen LogP contribution in [-0.4, -0.2) is 49.6 Å². The van der Waals surface area contributed by atoms with Crippen LogP contribution in [0.1, 0.15) is 26.3 Å². The number of hydrogen-bond donors (Lipinski definition) is 0. The summed E-state index contributed by atoms with van der Waals surface area (Å²) in [5, 5.41) is 0. The maximum Gasteiger partial charge on any atom is 0.265 e. The number of methoxy groups -OCH3 is 1. The Morgan fingerprint density at radius 2 is 1.93 bits per heavy atom. The molecule has 7 heteroatoms. The molecule has 1 aliphatic heterocycles. The summed E-state index contributed by atoms with van der Waals surface area (Å²) >= 11 is 0. The number of amides is 2. The maximum atomic E-state index is 13.2. The lowest BCUT2D eigenvalue weighted by Gasteiger charge is -2.35. The van der Waals surface area contributed by atoms with E-state index in [0.29, 0.717) is 42.6 Å². The van der Waals surface area contributed by atoms with Gasteiger partial charge in [-0.1, -0.05) is 18.2 Å². The van der Waals surface area contributed by atoms with Crippen molar-refractivity contribution < 1.29 is 23.8 Å². The Kier molecular flexibility index (Phi) is 6.82. The zero-order valence-electron chi connectivity index (χ0n) is 17.9. The third-order valence-electron chi connectivity index (χ3n) is 5.02. The fourth-order valence-electron chi connectivity index (χ4n) is 3.52. The molecule has 7 nitrogen and oxygen atoms in total. The van der Waals surface area contributed by atoms with E-state index in [1.54, 1.807) is 23.0 Å². The number of benzene rings is 2. The molecule has 0 aliphatic carbocycles. The number of anilines is 1. The molecule has 160 valence electrons. The molecule has 0 spiro atoms. The lowest BCUT2D eigenvalue weighted by atomic mass is 10.1. The van der Waals surface area contributed by atoms with E-state index in [-0.39, 0.29) is 18.4 Å². The molecular formula is C23H28N2O5. The SMILES string of the molecule is CCOc1ccc(CN(CC)C(=O)C2CN(C(C)=O)c3ccccc3O2)cc1OC. The third-order valence-corrected chi connectivity index (χ3v) is 5.02. The minimum atomic E-state index is -0.756. The van der Waals surface area contributed by atoms with Crippen LogP contribution in [0.4, 0.5) is 5.69 Å². The van der Waals surface area contributed by atoms with E-state index in [9.17, 15) is 9.59 Å². The summed E-state index contributed by atoms with van der Waals surface area (Å²) in [5.74, 6) is 1.55. The van der Waals surface area contributed by atoms with E-state index < -0.39 is 6.10 Å². The second-order valence-corrected chi connectivity index (χ2v) is 6.97. The molecule has 1 unspecified atom stereocenters. The van der Waals surface area contributed by atoms with E-state index >= 15 is 0 Å². The monoisotopic (exact) mass is 412 g/mol. The molecule has 0 bridgehead atoms. The topological polar surface area (TPSA) is 68.3 Å². The van der Waals surface area contributed by atoms with E-state index in [1.807, 2.05) is 50.2 Å². The number of fused-ring (bicyclic) bond motifs is 1. The van der Waals surface area contributed by atoms with Gasteiger partial charge >= 0.3 is 0 Å². The van der Waals surface area contributed by atoms with Gasteiger partial charge in [0.15, 0.2) is 17.6 Å². The summed E-state index contributed by atoms with van der Waals surface area (Å²) < 4.78 is 16.9. The Bertz CT molecular complexity index is 914. The normalized spacial score (nSPS) is 15.1. The van der Waals surface area contributed by atoms with Crippen molar-refractivity contribution in [3.05, 3.63) is 48.0 Å². The van der Waals surface area contributed by atoms with Crippen LogP contribution >= 0.6 is 0 Å². The van der Waals surface area contributed by atoms with Crippen molar-refractivity contribution in [2.75, 3.05) is 31.7 Å². The Morgan fingerprint density at radius 3 is 2.60 bits per heavy atom. The number of nitrogens with zero attached hydrogens (tertiary/aromatic N) is 2. The van der Waals surface area contributed by atoms with E-state index in [2.05, 4.69) is 0 Å². The first-order chi connectivity index (χ1) is 14.5. The van der Waals surface area contributed by atoms with Gasteiger partial charge in [0.1, 0.15) is 5.75 Å². The molecule has 2 amide bonds. The molecule has 0 radical (unpaired) electrons. The van der Waals surface area contributed by atoms with Gasteiger partial charge in [0.2, 0.25) is 5.91 Å². The molecule has 0 fully saturated rings. The number of rotatable bonds is 7. The zero-order chi connectivity index (χ0) is 21.7. The molecule has 30 heavy (non-hydrogen) atoms. The lowest BCUT2D eigenvalue weighted by Crippen LogP contribution is -2.51. The lowest BCUT2D eigenvalue weighted by molar-refractivity contribution is -0.139. The first kappa shape index (κ1) is 21.5. The summed E-state index contributed by atoms with van der Waals surface area (Å²) in [6, 6.07) is 12.9. The van der Waals surface area contributed by atoms with Crippen molar-refractivity contribution in [2.24, 2.45) is 0 Å². The molecule has 0 aromatic heterocycles. The first-order valence-electron chi connectivity index (χ1n) is 10.1. The summed E-state index contributed by atoms with van der Waals surface area (Å²) in [7, 11) is 1.59. The number of para-hydroxylation sites is 2. The van der Waals surface area contributed by atoms with Crippen LogP contribution in [0.5, 0.6) is 17.2 Å². The smallest absolute Gasteiger partial charge is 0.265 e. The fraction of sp³-hybridized carbons (Fsp3) is 0.391. The second-order valence-electron chi connectivity index (χ2n) is 6.97. The summed E-state index contributed by atoms with van der Waals surface area (Å²) in [4.78, 5) is 28.7. The van der Waals surface area contributed by atoms with Gasteiger partial charge < -0.3 is 24.0 Å². The number of ether oxygens (including phenoxy) is 3. The highest BCUT2D eigenvalue weighted by molar-refractivity contribution is 5.95. The van der Waals surface area contributed by atoms with Gasteiger partial charge in [-0.15, -0.1) is 0 Å². The molecule has 0 N–H and O–H groups in total. The average Bonchev–Trinajstić information content (AvgIpc) is 2.77. The van der Waals surface area contributed by atoms with Crippen LogP contribution in [0.2, 0.25) is 0 Å². The summed E-state index contributed by atoms with van der Waals surface area (Å²) in [6.07, 6.45) is -0.756. The highest BCUT2D eigenvalue weighted by Crippen LogP contribution is 2.34. The Labute approximate surface area is 177 Å². The van der Waals surface area contributed by atoms with Crippen LogP contribution < -0.4 is 19.1 Å². The molecule has 0 saturated heterocycles. The van der Waals surface area contributed by atoms with Crippen molar-refractivity contribution in [1.82, 2.24) is 4.90 Å². The van der Waals surface area contributed by atoms with Crippen LogP contribution in [0.15, 0.2) is 42.5 Å². The molecule has 2 aromatic rings. The first-order valence-corrected chi connectivity index (χ1v) is 10.1. The number of hydrogen-bond acceptors (Lipinski definition) is 5. The number of carbonyl (C=O) groups is 2. The molecule has 3 rings (SSSR count). The molecule has 1 atom stereocenters. The fourth-order valence-corrected chi connectivity index (χ4v) is 3.52. The molecule has 1 heterocycles. The minimum Gasteiger partial charge on any atom is -0.493 e. The minimum absolute atomic E-state index is 0.122. The van der Waals surface area contributed by atoms with Gasteiger partial charge in [0.25, 0.3) is 5.91 Å². The standard InChI is InChI=1S/C23H28N2O5/c1-5-24(14-17-11-12-20(29-6-2)21(13-17)28-4)23(27)22-15-25(16(3)26)18-9-7-8-10-19(18)30-22/h7-13,22H,5-6,14-15H2,1-4H3. The average molecular weight is 412 g/mol. The Morgan fingerprint density at radius 1 is 1.17 bits per heavy atom. The number of likely N-dealkylation sites (N-methyl/N-ethyl adjacent to an activating group) is 1. The molecule has 1 aliphatic rings. The third kappa shape index (κ3) is 4.50.